The Morgan fingerprint density at radius 1 is 1.33 bits per heavy atom. The zero-order valence-electron chi connectivity index (χ0n) is 15.6. The minimum atomic E-state index is -0.129. The second kappa shape index (κ2) is 7.39. The number of hydrogen-bond acceptors (Lipinski definition) is 6. The van der Waals surface area contributed by atoms with Gasteiger partial charge in [-0.25, -0.2) is 4.98 Å². The predicted octanol–water partition coefficient (Wildman–Crippen LogP) is 3.91. The standard InChI is InChI=1S/C19H23ClN4O2S/c1-4-15-21-19-24(22-15)18(25)17(27-19)16(13-6-5-7-14(20)8-13)23-9-11(2)26-12(3)10-23/h5-8,11-12,16,25H,4,9-10H2,1-3H3/t11-,12+,16-/m1/s1. The smallest absolute Gasteiger partial charge is 0.230 e. The highest BCUT2D eigenvalue weighted by Crippen LogP contribution is 2.41. The fraction of sp³-hybridized carbons (Fsp3) is 0.474. The van der Waals surface area contributed by atoms with Crippen LogP contribution in [0.3, 0.4) is 0 Å². The number of morpholine rings is 1. The average molecular weight is 407 g/mol. The molecule has 144 valence electrons. The number of aryl methyl sites for hydroxylation is 1. The van der Waals surface area contributed by atoms with Gasteiger partial charge in [0.05, 0.1) is 23.1 Å². The van der Waals surface area contributed by atoms with E-state index in [1.54, 1.807) is 4.52 Å². The summed E-state index contributed by atoms with van der Waals surface area (Å²) < 4.78 is 7.46. The molecule has 0 bridgehead atoms. The molecule has 27 heavy (non-hydrogen) atoms. The summed E-state index contributed by atoms with van der Waals surface area (Å²) in [5, 5.41) is 16.0. The van der Waals surface area contributed by atoms with Gasteiger partial charge in [-0.1, -0.05) is 42.0 Å². The summed E-state index contributed by atoms with van der Waals surface area (Å²) in [6, 6.07) is 7.69. The zero-order valence-corrected chi connectivity index (χ0v) is 17.2. The molecule has 1 saturated heterocycles. The first kappa shape index (κ1) is 18.7. The minimum Gasteiger partial charge on any atom is -0.492 e. The van der Waals surface area contributed by atoms with E-state index in [1.807, 2.05) is 31.2 Å². The van der Waals surface area contributed by atoms with E-state index < -0.39 is 0 Å². The van der Waals surface area contributed by atoms with Gasteiger partial charge >= 0.3 is 0 Å². The number of hydrogen-bond donors (Lipinski definition) is 1. The largest absolute Gasteiger partial charge is 0.492 e. The third kappa shape index (κ3) is 3.57. The summed E-state index contributed by atoms with van der Waals surface area (Å²) in [4.78, 5) is 8.40. The molecule has 8 heteroatoms. The van der Waals surface area contributed by atoms with Crippen molar-refractivity contribution in [2.75, 3.05) is 13.1 Å². The Hall–Kier alpha value is -1.67. The van der Waals surface area contributed by atoms with Gasteiger partial charge in [-0.15, -0.1) is 5.10 Å². The summed E-state index contributed by atoms with van der Waals surface area (Å²) in [6.45, 7) is 7.70. The van der Waals surface area contributed by atoms with Gasteiger partial charge in [-0.3, -0.25) is 4.90 Å². The topological polar surface area (TPSA) is 62.9 Å². The molecule has 1 N–H and O–H groups in total. The molecule has 1 aromatic carbocycles. The molecule has 1 aliphatic heterocycles. The van der Waals surface area contributed by atoms with Crippen LogP contribution in [0.2, 0.25) is 5.02 Å². The van der Waals surface area contributed by atoms with Gasteiger partial charge in [0.15, 0.2) is 5.82 Å². The maximum Gasteiger partial charge on any atom is 0.230 e. The van der Waals surface area contributed by atoms with E-state index in [4.69, 9.17) is 16.3 Å². The molecule has 0 amide bonds. The first-order valence-electron chi connectivity index (χ1n) is 9.18. The Labute approximate surface area is 167 Å². The third-order valence-electron chi connectivity index (χ3n) is 4.79. The molecule has 0 aliphatic carbocycles. The van der Waals surface area contributed by atoms with Crippen LogP contribution >= 0.6 is 22.9 Å². The molecule has 3 aromatic rings. The number of thiazole rings is 1. The number of halogens is 1. The van der Waals surface area contributed by atoms with Crippen molar-refractivity contribution in [3.63, 3.8) is 0 Å². The summed E-state index contributed by atoms with van der Waals surface area (Å²) in [7, 11) is 0. The molecule has 0 radical (unpaired) electrons. The van der Waals surface area contributed by atoms with E-state index in [0.717, 1.165) is 35.8 Å². The number of aromatic hydroxyl groups is 1. The molecule has 0 saturated carbocycles. The van der Waals surface area contributed by atoms with E-state index in [1.165, 1.54) is 11.3 Å². The van der Waals surface area contributed by atoms with Crippen LogP contribution in [0.25, 0.3) is 4.96 Å². The van der Waals surface area contributed by atoms with Crippen molar-refractivity contribution in [3.8, 4) is 5.88 Å². The molecule has 0 unspecified atom stereocenters. The van der Waals surface area contributed by atoms with Crippen molar-refractivity contribution >= 4 is 27.9 Å². The number of ether oxygens (including phenoxy) is 1. The highest BCUT2D eigenvalue weighted by Gasteiger charge is 2.34. The van der Waals surface area contributed by atoms with E-state index in [-0.39, 0.29) is 24.1 Å². The molecular formula is C19H23ClN4O2S. The third-order valence-corrected chi connectivity index (χ3v) is 6.09. The molecule has 0 spiro atoms. The lowest BCUT2D eigenvalue weighted by Gasteiger charge is -2.40. The van der Waals surface area contributed by atoms with Crippen LogP contribution in [-0.2, 0) is 11.2 Å². The monoisotopic (exact) mass is 406 g/mol. The molecule has 3 atom stereocenters. The molecule has 2 aromatic heterocycles. The van der Waals surface area contributed by atoms with Crippen molar-refractivity contribution in [2.24, 2.45) is 0 Å². The SMILES string of the molecule is CCc1nc2sc([C@@H](c3cccc(Cl)c3)N3C[C@@H](C)O[C@@H](C)C3)c(O)n2n1. The summed E-state index contributed by atoms with van der Waals surface area (Å²) in [5.74, 6) is 0.884. The quantitative estimate of drug-likeness (QED) is 0.711. The summed E-state index contributed by atoms with van der Waals surface area (Å²) in [5.41, 5.74) is 1.04. The van der Waals surface area contributed by atoms with Crippen molar-refractivity contribution in [3.05, 3.63) is 45.6 Å². The Bertz CT molecular complexity index is 946. The second-order valence-electron chi connectivity index (χ2n) is 7.03. The van der Waals surface area contributed by atoms with E-state index in [9.17, 15) is 5.11 Å². The van der Waals surface area contributed by atoms with Crippen LogP contribution in [0, 0.1) is 0 Å². The Morgan fingerprint density at radius 2 is 2.07 bits per heavy atom. The molecule has 1 fully saturated rings. The highest BCUT2D eigenvalue weighted by atomic mass is 35.5. The van der Waals surface area contributed by atoms with Gasteiger partial charge < -0.3 is 9.84 Å². The lowest BCUT2D eigenvalue weighted by atomic mass is 10.0. The minimum absolute atomic E-state index is 0.117. The molecule has 1 aliphatic rings. The van der Waals surface area contributed by atoms with Crippen LogP contribution < -0.4 is 0 Å². The predicted molar refractivity (Wildman–Crippen MR) is 107 cm³/mol. The van der Waals surface area contributed by atoms with Crippen molar-refractivity contribution in [1.82, 2.24) is 19.5 Å². The van der Waals surface area contributed by atoms with Crippen LogP contribution in [0.4, 0.5) is 0 Å². The van der Waals surface area contributed by atoms with E-state index in [0.29, 0.717) is 9.98 Å². The fourth-order valence-corrected chi connectivity index (χ4v) is 5.09. The van der Waals surface area contributed by atoms with E-state index >= 15 is 0 Å². The number of fused-ring (bicyclic) bond motifs is 1. The summed E-state index contributed by atoms with van der Waals surface area (Å²) in [6.07, 6.45) is 0.970. The lowest BCUT2D eigenvalue weighted by Crippen LogP contribution is -2.47. The lowest BCUT2D eigenvalue weighted by molar-refractivity contribution is -0.0764. The van der Waals surface area contributed by atoms with E-state index in [2.05, 4.69) is 28.8 Å². The Kier molecular flexibility index (Phi) is 5.11. The van der Waals surface area contributed by atoms with Gasteiger partial charge in [0, 0.05) is 24.5 Å². The molecule has 3 heterocycles. The van der Waals surface area contributed by atoms with Crippen LogP contribution in [-0.4, -0.2) is 49.9 Å². The number of aromatic nitrogens is 3. The van der Waals surface area contributed by atoms with Crippen LogP contribution in [0.15, 0.2) is 24.3 Å². The molecule has 6 nitrogen and oxygen atoms in total. The first-order valence-corrected chi connectivity index (χ1v) is 10.4. The normalized spacial score (nSPS) is 22.4. The van der Waals surface area contributed by atoms with Crippen molar-refractivity contribution < 1.29 is 9.84 Å². The van der Waals surface area contributed by atoms with Crippen LogP contribution in [0.1, 0.15) is 43.1 Å². The zero-order chi connectivity index (χ0) is 19.1. The number of rotatable bonds is 4. The highest BCUT2D eigenvalue weighted by molar-refractivity contribution is 7.17. The number of benzene rings is 1. The van der Waals surface area contributed by atoms with Gasteiger partial charge in [0.2, 0.25) is 10.8 Å². The molecular weight excluding hydrogens is 384 g/mol. The second-order valence-corrected chi connectivity index (χ2v) is 8.48. The number of nitrogens with zero attached hydrogens (tertiary/aromatic N) is 4. The van der Waals surface area contributed by atoms with Gasteiger partial charge in [0.25, 0.3) is 0 Å². The van der Waals surface area contributed by atoms with Crippen molar-refractivity contribution in [1.29, 1.82) is 0 Å². The summed E-state index contributed by atoms with van der Waals surface area (Å²) >= 11 is 7.76. The van der Waals surface area contributed by atoms with Crippen molar-refractivity contribution in [2.45, 2.75) is 45.4 Å². The average Bonchev–Trinajstić information content (AvgIpc) is 3.14. The van der Waals surface area contributed by atoms with Gasteiger partial charge in [-0.05, 0) is 31.5 Å². The Balaban J connectivity index is 1.82. The Morgan fingerprint density at radius 3 is 2.70 bits per heavy atom. The fourth-order valence-electron chi connectivity index (χ4n) is 3.75. The van der Waals surface area contributed by atoms with Gasteiger partial charge in [0.1, 0.15) is 0 Å². The van der Waals surface area contributed by atoms with Gasteiger partial charge in [-0.2, -0.15) is 4.52 Å². The first-order chi connectivity index (χ1) is 13.0. The maximum absolute atomic E-state index is 10.9. The van der Waals surface area contributed by atoms with Crippen LogP contribution in [0.5, 0.6) is 5.88 Å². The maximum atomic E-state index is 10.9. The molecule has 4 rings (SSSR count).